The number of carbonyl (C=O) groups excluding carboxylic acids is 2. The normalized spacial score (nSPS) is 9.88. The van der Waals surface area contributed by atoms with Gasteiger partial charge >= 0.3 is 11.9 Å². The third kappa shape index (κ3) is 12.8. The van der Waals surface area contributed by atoms with Gasteiger partial charge in [-0.1, -0.05) is 12.1 Å². The molecule has 2 aromatic carbocycles. The number of halogens is 1. The molecule has 228 valence electrons. The number of thioether (sulfide) groups is 2. The van der Waals surface area contributed by atoms with Gasteiger partial charge in [-0.25, -0.2) is 14.3 Å². The van der Waals surface area contributed by atoms with Crippen LogP contribution in [0.25, 0.3) is 5.69 Å². The first kappa shape index (κ1) is 38.2. The lowest BCUT2D eigenvalue weighted by Gasteiger charge is -2.06. The van der Waals surface area contributed by atoms with Gasteiger partial charge in [0.25, 0.3) is 0 Å². The minimum atomic E-state index is -0.645. The molecule has 11 nitrogen and oxygen atoms in total. The number of anilines is 2. The quantitative estimate of drug-likeness (QED) is 0.0489. The smallest absolute Gasteiger partial charge is 0.352 e. The molecule has 0 radical (unpaired) electrons. The molecule has 0 aliphatic heterocycles. The molecule has 0 saturated heterocycles. The molecule has 1 aromatic heterocycles. The van der Waals surface area contributed by atoms with E-state index in [0.29, 0.717) is 13.2 Å². The Morgan fingerprint density at radius 2 is 1.64 bits per heavy atom. The summed E-state index contributed by atoms with van der Waals surface area (Å²) >= 11 is 3.33. The zero-order valence-corrected chi connectivity index (χ0v) is 26.6. The summed E-state index contributed by atoms with van der Waals surface area (Å²) in [5.74, 6) is 4.41. The molecule has 42 heavy (non-hydrogen) atoms. The van der Waals surface area contributed by atoms with Gasteiger partial charge < -0.3 is 25.4 Å². The third-order valence-electron chi connectivity index (χ3n) is 4.82. The summed E-state index contributed by atoms with van der Waals surface area (Å²) < 4.78 is 15.8. The zero-order chi connectivity index (χ0) is 30.6. The fourth-order valence-corrected chi connectivity index (χ4v) is 3.79. The van der Waals surface area contributed by atoms with Gasteiger partial charge in [0, 0.05) is 15.5 Å². The van der Waals surface area contributed by atoms with E-state index in [4.69, 9.17) is 26.3 Å². The number of nitrogens with two attached hydrogens (primary N) is 2. The van der Waals surface area contributed by atoms with Gasteiger partial charge in [-0.3, -0.25) is 5.84 Å². The van der Waals surface area contributed by atoms with Gasteiger partial charge in [-0.15, -0.1) is 35.9 Å². The summed E-state index contributed by atoms with van der Waals surface area (Å²) in [5.41, 5.74) is 10.5. The van der Waals surface area contributed by atoms with Crippen LogP contribution >= 0.6 is 35.9 Å². The van der Waals surface area contributed by atoms with E-state index >= 15 is 0 Å². The summed E-state index contributed by atoms with van der Waals surface area (Å²) in [6.45, 7) is 6.17. The molecule has 0 fully saturated rings. The first-order chi connectivity index (χ1) is 19.8. The fourth-order valence-electron chi connectivity index (χ4n) is 2.88. The second-order valence-electron chi connectivity index (χ2n) is 7.47. The summed E-state index contributed by atoms with van der Waals surface area (Å²) in [6.07, 6.45) is 6.57. The molecule has 0 unspecified atom stereocenters. The van der Waals surface area contributed by atoms with Gasteiger partial charge in [-0.2, -0.15) is 10.4 Å². The maximum Gasteiger partial charge on any atom is 0.352 e. The van der Waals surface area contributed by atoms with E-state index < -0.39 is 11.9 Å². The topological polar surface area (TPSA) is 168 Å². The largest absolute Gasteiger partial charge is 0.500 e. The molecule has 5 N–H and O–H groups in total. The van der Waals surface area contributed by atoms with Crippen molar-refractivity contribution >= 4 is 59.4 Å². The van der Waals surface area contributed by atoms with Gasteiger partial charge in [-0.05, 0) is 69.7 Å². The Morgan fingerprint density at radius 3 is 2.19 bits per heavy atom. The van der Waals surface area contributed by atoms with E-state index in [9.17, 15) is 9.59 Å². The molecule has 0 aliphatic rings. The molecule has 0 bridgehead atoms. The van der Waals surface area contributed by atoms with Crippen molar-refractivity contribution in [1.82, 2.24) is 9.78 Å². The Bertz CT molecular complexity index is 1310. The van der Waals surface area contributed by atoms with E-state index in [1.54, 1.807) is 50.4 Å². The number of hydrazine groups is 1. The Hall–Kier alpha value is -3.83. The number of rotatable bonds is 10. The number of benzene rings is 2. The standard InChI is InChI=1S/C13H15N3O2S.C8H11NO3.C7H10N2S.ClH/c1-3-18-13(17)11-8-15-16(12(11)14)9-5-4-6-10(7-9)19-2;1-3-11-6-7(5-9)8(10)12-4-2;1-10-7-4-2-3-6(5-7)9-8;/h4-8H,3,14H2,1-2H3;6H,3-4H2,1-2H3;2-5,9H,8H2,1H3;1H/b;7-6-;;. The van der Waals surface area contributed by atoms with Crippen LogP contribution in [0.1, 0.15) is 31.1 Å². The highest BCUT2D eigenvalue weighted by Gasteiger charge is 2.17. The maximum absolute atomic E-state index is 11.7. The average Bonchev–Trinajstić information content (AvgIpc) is 3.39. The summed E-state index contributed by atoms with van der Waals surface area (Å²) in [6, 6.07) is 17.4. The minimum Gasteiger partial charge on any atom is -0.500 e. The van der Waals surface area contributed by atoms with Crippen molar-refractivity contribution in [2.24, 2.45) is 5.84 Å². The number of hydrogen-bond acceptors (Lipinski definition) is 12. The number of nitrogen functional groups attached to an aromatic ring is 2. The first-order valence-electron chi connectivity index (χ1n) is 12.4. The fraction of sp³-hybridized carbons (Fsp3) is 0.286. The molecular formula is C28H37ClN6O5S2. The van der Waals surface area contributed by atoms with E-state index in [1.165, 1.54) is 15.8 Å². The predicted molar refractivity (Wildman–Crippen MR) is 171 cm³/mol. The van der Waals surface area contributed by atoms with Gasteiger partial charge in [0.05, 0.1) is 31.7 Å². The number of nitrogens with one attached hydrogen (secondary N) is 1. The van der Waals surface area contributed by atoms with E-state index in [0.717, 1.165) is 22.5 Å². The Morgan fingerprint density at radius 1 is 1.02 bits per heavy atom. The van der Waals surface area contributed by atoms with E-state index in [1.807, 2.05) is 61.0 Å². The Kier molecular flexibility index (Phi) is 19.9. The van der Waals surface area contributed by atoms with Gasteiger partial charge in [0.1, 0.15) is 23.7 Å². The highest BCUT2D eigenvalue weighted by molar-refractivity contribution is 7.98. The molecule has 0 atom stereocenters. The third-order valence-corrected chi connectivity index (χ3v) is 6.27. The van der Waals surface area contributed by atoms with Crippen LogP contribution in [-0.2, 0) is 19.0 Å². The van der Waals surface area contributed by atoms with Crippen molar-refractivity contribution in [1.29, 1.82) is 5.26 Å². The molecule has 3 aromatic rings. The maximum atomic E-state index is 11.7. The van der Waals surface area contributed by atoms with Crippen LogP contribution in [0.15, 0.2) is 76.4 Å². The number of hydrogen-bond donors (Lipinski definition) is 3. The summed E-state index contributed by atoms with van der Waals surface area (Å²) in [5, 5.41) is 12.6. The van der Waals surface area contributed by atoms with Crippen molar-refractivity contribution in [2.75, 3.05) is 43.5 Å². The van der Waals surface area contributed by atoms with Gasteiger partial charge in [0.2, 0.25) is 0 Å². The van der Waals surface area contributed by atoms with Crippen LogP contribution in [-0.4, -0.2) is 54.1 Å². The number of carbonyl (C=O) groups is 2. The van der Waals surface area contributed by atoms with E-state index in [2.05, 4.69) is 15.3 Å². The van der Waals surface area contributed by atoms with Crippen molar-refractivity contribution in [2.45, 2.75) is 30.6 Å². The van der Waals surface area contributed by atoms with Crippen molar-refractivity contribution in [3.8, 4) is 11.8 Å². The van der Waals surface area contributed by atoms with Crippen molar-refractivity contribution < 1.29 is 23.8 Å². The zero-order valence-electron chi connectivity index (χ0n) is 24.2. The lowest BCUT2D eigenvalue weighted by atomic mass is 10.3. The minimum absolute atomic E-state index is 0. The number of ether oxygens (including phenoxy) is 3. The Labute approximate surface area is 261 Å². The van der Waals surface area contributed by atoms with Crippen LogP contribution in [0.2, 0.25) is 0 Å². The summed E-state index contributed by atoms with van der Waals surface area (Å²) in [7, 11) is 0. The van der Waals surface area contributed by atoms with Crippen LogP contribution < -0.4 is 17.0 Å². The number of aromatic nitrogens is 2. The van der Waals surface area contributed by atoms with E-state index in [-0.39, 0.29) is 36.0 Å². The monoisotopic (exact) mass is 636 g/mol. The second kappa shape index (κ2) is 21.9. The number of nitriles is 1. The molecule has 0 saturated carbocycles. The lowest BCUT2D eigenvalue weighted by molar-refractivity contribution is -0.138. The number of nitrogens with zero attached hydrogens (tertiary/aromatic N) is 3. The molecule has 0 amide bonds. The van der Waals surface area contributed by atoms with Crippen LogP contribution in [0, 0.1) is 11.3 Å². The summed E-state index contributed by atoms with van der Waals surface area (Å²) in [4.78, 5) is 24.9. The van der Waals surface area contributed by atoms with Crippen molar-refractivity contribution in [3.63, 3.8) is 0 Å². The van der Waals surface area contributed by atoms with Gasteiger partial charge in [0.15, 0.2) is 5.57 Å². The van der Waals surface area contributed by atoms with Crippen LogP contribution in [0.5, 0.6) is 0 Å². The van der Waals surface area contributed by atoms with Crippen LogP contribution in [0.4, 0.5) is 11.5 Å². The lowest BCUT2D eigenvalue weighted by Crippen LogP contribution is -2.08. The molecule has 14 heteroatoms. The molecule has 3 rings (SSSR count). The highest BCUT2D eigenvalue weighted by atomic mass is 35.5. The van der Waals surface area contributed by atoms with Crippen molar-refractivity contribution in [3.05, 3.63) is 72.1 Å². The predicted octanol–water partition coefficient (Wildman–Crippen LogP) is 5.46. The molecule has 0 aliphatic carbocycles. The first-order valence-corrected chi connectivity index (χ1v) is 14.9. The molecule has 1 heterocycles. The highest BCUT2D eigenvalue weighted by Crippen LogP contribution is 2.22. The Balaban J connectivity index is 0.000000635. The SMILES string of the molecule is CCO/C=C(/C#N)C(=O)OCC.CCOC(=O)c1cnn(-c2cccc(SC)c2)c1N.CSc1cccc(NN)c1.Cl. The number of esters is 2. The second-order valence-corrected chi connectivity index (χ2v) is 9.23. The van der Waals surface area contributed by atoms with Crippen LogP contribution in [0.3, 0.4) is 0 Å². The average molecular weight is 637 g/mol. The molecular weight excluding hydrogens is 600 g/mol. The molecule has 0 spiro atoms.